The second-order valence-electron chi connectivity index (χ2n) is 4.07. The van der Waals surface area contributed by atoms with Crippen LogP contribution in [0.25, 0.3) is 0 Å². The van der Waals surface area contributed by atoms with Crippen molar-refractivity contribution in [1.29, 1.82) is 0 Å². The van der Waals surface area contributed by atoms with E-state index in [2.05, 4.69) is 49.7 Å². The lowest BCUT2D eigenvalue weighted by molar-refractivity contribution is 0.867. The summed E-state index contributed by atoms with van der Waals surface area (Å²) < 4.78 is 0. The normalized spacial score (nSPS) is 11.7. The van der Waals surface area contributed by atoms with Crippen molar-refractivity contribution < 1.29 is 0 Å². The van der Waals surface area contributed by atoms with E-state index in [1.165, 1.54) is 5.56 Å². The molecule has 16 heavy (non-hydrogen) atoms. The monoisotopic (exact) mass is 216 g/mol. The molecular weight excluding hydrogens is 196 g/mol. The molecule has 0 atom stereocenters. The molecule has 0 bridgehead atoms. The van der Waals surface area contributed by atoms with E-state index in [1.807, 2.05) is 11.8 Å². The van der Waals surface area contributed by atoms with Gasteiger partial charge in [0, 0.05) is 18.9 Å². The van der Waals surface area contributed by atoms with E-state index in [-0.39, 0.29) is 0 Å². The molecule has 0 aromatic heterocycles. The lowest BCUT2D eigenvalue weighted by Crippen LogP contribution is -2.21. The maximum Gasteiger partial charge on any atom is 0.104 e. The van der Waals surface area contributed by atoms with Gasteiger partial charge in [-0.05, 0) is 30.5 Å². The molecule has 0 heterocycles. The first-order valence-corrected chi connectivity index (χ1v) is 5.55. The van der Waals surface area contributed by atoms with Gasteiger partial charge in [0.25, 0.3) is 0 Å². The van der Waals surface area contributed by atoms with Crippen molar-refractivity contribution >= 4 is 11.5 Å². The zero-order valence-corrected chi connectivity index (χ0v) is 10.6. The number of aliphatic imine (C=N–C) groups is 1. The van der Waals surface area contributed by atoms with Crippen molar-refractivity contribution in [3.8, 4) is 0 Å². The molecule has 0 spiro atoms. The maximum absolute atomic E-state index is 4.16. The fourth-order valence-corrected chi connectivity index (χ4v) is 1.55. The molecule has 0 unspecified atom stereocenters. The summed E-state index contributed by atoms with van der Waals surface area (Å²) in [6.45, 7) is 10.2. The van der Waals surface area contributed by atoms with Crippen LogP contribution in [0.1, 0.15) is 32.3 Å². The minimum Gasteiger partial charge on any atom is -0.306 e. The SMILES string of the molecule is C=CN(C(C)=NC)c1ccc(C(C)C)cc1. The summed E-state index contributed by atoms with van der Waals surface area (Å²) in [6.07, 6.45) is 1.78. The smallest absolute Gasteiger partial charge is 0.104 e. The molecule has 2 nitrogen and oxygen atoms in total. The molecule has 1 aromatic rings. The number of benzene rings is 1. The van der Waals surface area contributed by atoms with Crippen molar-refractivity contribution in [2.45, 2.75) is 26.7 Å². The molecule has 1 rings (SSSR count). The van der Waals surface area contributed by atoms with Gasteiger partial charge < -0.3 is 4.90 Å². The number of rotatable bonds is 3. The summed E-state index contributed by atoms with van der Waals surface area (Å²) in [4.78, 5) is 6.14. The van der Waals surface area contributed by atoms with Gasteiger partial charge >= 0.3 is 0 Å². The average Bonchev–Trinajstić information content (AvgIpc) is 2.30. The fourth-order valence-electron chi connectivity index (χ4n) is 1.55. The van der Waals surface area contributed by atoms with Crippen LogP contribution in [-0.4, -0.2) is 12.9 Å². The predicted octanol–water partition coefficient (Wildman–Crippen LogP) is 3.81. The van der Waals surface area contributed by atoms with E-state index in [0.29, 0.717) is 5.92 Å². The molecule has 2 heteroatoms. The third kappa shape index (κ3) is 2.72. The average molecular weight is 216 g/mol. The Morgan fingerprint density at radius 1 is 1.31 bits per heavy atom. The van der Waals surface area contributed by atoms with Gasteiger partial charge in [-0.2, -0.15) is 0 Å². The van der Waals surface area contributed by atoms with E-state index < -0.39 is 0 Å². The predicted molar refractivity (Wildman–Crippen MR) is 72.2 cm³/mol. The second-order valence-corrected chi connectivity index (χ2v) is 4.07. The van der Waals surface area contributed by atoms with Gasteiger partial charge in [-0.25, -0.2) is 0 Å². The molecule has 0 radical (unpaired) electrons. The molecule has 86 valence electrons. The zero-order chi connectivity index (χ0) is 12.1. The van der Waals surface area contributed by atoms with Crippen molar-refractivity contribution in [3.05, 3.63) is 42.6 Å². The first kappa shape index (κ1) is 12.5. The number of nitrogens with zero attached hydrogens (tertiary/aromatic N) is 2. The highest BCUT2D eigenvalue weighted by Crippen LogP contribution is 2.20. The molecule has 0 amide bonds. The van der Waals surface area contributed by atoms with E-state index >= 15 is 0 Å². The van der Waals surface area contributed by atoms with Crippen LogP contribution in [0.15, 0.2) is 42.0 Å². The maximum atomic E-state index is 4.16. The third-order valence-electron chi connectivity index (χ3n) is 2.69. The summed E-state index contributed by atoms with van der Waals surface area (Å²) in [7, 11) is 1.79. The van der Waals surface area contributed by atoms with Crippen LogP contribution < -0.4 is 4.90 Å². The van der Waals surface area contributed by atoms with Gasteiger partial charge in [-0.15, -0.1) is 0 Å². The Hall–Kier alpha value is -1.57. The number of amidine groups is 1. The van der Waals surface area contributed by atoms with Crippen LogP contribution in [0.5, 0.6) is 0 Å². The minimum absolute atomic E-state index is 0.562. The van der Waals surface area contributed by atoms with Crippen molar-refractivity contribution in [2.75, 3.05) is 11.9 Å². The van der Waals surface area contributed by atoms with E-state index in [0.717, 1.165) is 11.5 Å². The van der Waals surface area contributed by atoms with Gasteiger partial charge in [0.1, 0.15) is 5.84 Å². The summed E-state index contributed by atoms with van der Waals surface area (Å²) in [5, 5.41) is 0. The molecule has 0 aliphatic rings. The highest BCUT2D eigenvalue weighted by molar-refractivity contribution is 5.97. The largest absolute Gasteiger partial charge is 0.306 e. The first-order chi connectivity index (χ1) is 7.60. The highest BCUT2D eigenvalue weighted by atomic mass is 15.2. The molecular formula is C14H20N2. The van der Waals surface area contributed by atoms with Gasteiger partial charge in [-0.1, -0.05) is 32.6 Å². The number of hydrogen-bond acceptors (Lipinski definition) is 1. The molecule has 0 aliphatic heterocycles. The van der Waals surface area contributed by atoms with Crippen LogP contribution in [0, 0.1) is 0 Å². The van der Waals surface area contributed by atoms with Gasteiger partial charge in [-0.3, -0.25) is 4.99 Å². The first-order valence-electron chi connectivity index (χ1n) is 5.55. The zero-order valence-electron chi connectivity index (χ0n) is 10.6. The Morgan fingerprint density at radius 2 is 1.88 bits per heavy atom. The Bertz CT molecular complexity index is 374. The van der Waals surface area contributed by atoms with Gasteiger partial charge in [0.2, 0.25) is 0 Å². The van der Waals surface area contributed by atoms with Crippen LogP contribution in [0.2, 0.25) is 0 Å². The quantitative estimate of drug-likeness (QED) is 0.554. The summed E-state index contributed by atoms with van der Waals surface area (Å²) in [5.41, 5.74) is 2.45. The van der Waals surface area contributed by atoms with E-state index in [4.69, 9.17) is 0 Å². The molecule has 1 aromatic carbocycles. The fraction of sp³-hybridized carbons (Fsp3) is 0.357. The second kappa shape index (κ2) is 5.50. The van der Waals surface area contributed by atoms with E-state index in [1.54, 1.807) is 13.2 Å². The van der Waals surface area contributed by atoms with E-state index in [9.17, 15) is 0 Å². The Balaban J connectivity index is 3.00. The molecule has 0 fully saturated rings. The van der Waals surface area contributed by atoms with Crippen LogP contribution in [0.4, 0.5) is 5.69 Å². The number of anilines is 1. The minimum atomic E-state index is 0.562. The van der Waals surface area contributed by atoms with Crippen LogP contribution >= 0.6 is 0 Å². The molecule has 0 saturated heterocycles. The van der Waals surface area contributed by atoms with Crippen LogP contribution in [-0.2, 0) is 0 Å². The topological polar surface area (TPSA) is 15.6 Å². The summed E-state index contributed by atoms with van der Waals surface area (Å²) >= 11 is 0. The van der Waals surface area contributed by atoms with Gasteiger partial charge in [0.15, 0.2) is 0 Å². The molecule has 0 aliphatic carbocycles. The van der Waals surface area contributed by atoms with Gasteiger partial charge in [0.05, 0.1) is 0 Å². The number of hydrogen-bond donors (Lipinski definition) is 0. The highest BCUT2D eigenvalue weighted by Gasteiger charge is 2.06. The summed E-state index contributed by atoms with van der Waals surface area (Å²) in [6, 6.07) is 8.51. The van der Waals surface area contributed by atoms with Crippen molar-refractivity contribution in [1.82, 2.24) is 0 Å². The summed E-state index contributed by atoms with van der Waals surface area (Å²) in [5.74, 6) is 1.50. The van der Waals surface area contributed by atoms with Crippen LogP contribution in [0.3, 0.4) is 0 Å². The van der Waals surface area contributed by atoms with Crippen molar-refractivity contribution in [2.24, 2.45) is 4.99 Å². The molecule has 0 N–H and O–H groups in total. The molecule has 0 saturated carbocycles. The lowest BCUT2D eigenvalue weighted by atomic mass is 10.0. The standard InChI is InChI=1S/C14H20N2/c1-6-16(12(4)15-5)14-9-7-13(8-10-14)11(2)3/h6-11H,1H2,2-5H3. The Morgan fingerprint density at radius 3 is 2.25 bits per heavy atom. The Kier molecular flexibility index (Phi) is 4.29. The third-order valence-corrected chi connectivity index (χ3v) is 2.69. The van der Waals surface area contributed by atoms with Crippen molar-refractivity contribution in [3.63, 3.8) is 0 Å². The lowest BCUT2D eigenvalue weighted by Gasteiger charge is -2.20. The Labute approximate surface area is 98.3 Å².